The Balaban J connectivity index is 1.63. The second kappa shape index (κ2) is 6.38. The summed E-state index contributed by atoms with van der Waals surface area (Å²) in [6.45, 7) is 5.77. The van der Waals surface area contributed by atoms with E-state index in [1.807, 2.05) is 12.1 Å². The summed E-state index contributed by atoms with van der Waals surface area (Å²) in [7, 11) is 0. The minimum absolute atomic E-state index is 0.173. The first-order valence-electron chi connectivity index (χ1n) is 9.75. The van der Waals surface area contributed by atoms with Gasteiger partial charge in [0.25, 0.3) is 0 Å². The second-order valence-corrected chi connectivity index (χ2v) is 8.53. The zero-order chi connectivity index (χ0) is 18.5. The molecule has 3 aliphatic rings. The molecule has 140 valence electrons. The van der Waals surface area contributed by atoms with Crippen molar-refractivity contribution in [1.29, 1.82) is 0 Å². The van der Waals surface area contributed by atoms with Crippen molar-refractivity contribution in [3.63, 3.8) is 0 Å². The lowest BCUT2D eigenvalue weighted by Gasteiger charge is -2.46. The van der Waals surface area contributed by atoms with Gasteiger partial charge in [-0.2, -0.15) is 0 Å². The van der Waals surface area contributed by atoms with E-state index >= 15 is 0 Å². The summed E-state index contributed by atoms with van der Waals surface area (Å²) in [5.74, 6) is -0.677. The number of rotatable bonds is 3. The highest BCUT2D eigenvalue weighted by Gasteiger charge is 2.58. The summed E-state index contributed by atoms with van der Waals surface area (Å²) in [4.78, 5) is 28.1. The van der Waals surface area contributed by atoms with Crippen molar-refractivity contribution in [3.05, 3.63) is 35.4 Å². The maximum atomic E-state index is 12.3. The Hall–Kier alpha value is -1.88. The Bertz CT molecular complexity index is 716. The average Bonchev–Trinajstić information content (AvgIpc) is 2.71. The van der Waals surface area contributed by atoms with Gasteiger partial charge in [0.1, 0.15) is 0 Å². The topological polar surface area (TPSA) is 60.9 Å². The largest absolute Gasteiger partial charge is 0.478 e. The van der Waals surface area contributed by atoms with Crippen LogP contribution >= 0.6 is 0 Å². The number of piperidine rings is 1. The molecule has 1 saturated carbocycles. The number of carbonyl (C=O) groups excluding carboxylic acids is 1. The maximum absolute atomic E-state index is 12.3. The van der Waals surface area contributed by atoms with E-state index in [9.17, 15) is 9.59 Å². The molecule has 2 saturated heterocycles. The molecule has 4 atom stereocenters. The normalized spacial score (nSPS) is 33.8. The fourth-order valence-electron chi connectivity index (χ4n) is 5.84. The SMILES string of the molecule is CC(=O)N1C[C@@H]2C[C@@]3(C)[C@H](CCCC[C@@H]13)N2Cc1ccc(C(=O)O)cc1. The van der Waals surface area contributed by atoms with Crippen LogP contribution in [0.15, 0.2) is 24.3 Å². The number of carboxylic acid groups (broad SMARTS) is 1. The number of fused-ring (bicyclic) bond motifs is 1. The third kappa shape index (κ3) is 2.73. The van der Waals surface area contributed by atoms with Crippen LogP contribution in [0.5, 0.6) is 0 Å². The van der Waals surface area contributed by atoms with Gasteiger partial charge in [0.05, 0.1) is 5.56 Å². The van der Waals surface area contributed by atoms with E-state index in [0.29, 0.717) is 23.7 Å². The standard InChI is InChI=1S/C21H28N2O3/c1-14(24)22-13-17-11-21(2)18(22)5-3-4-6-19(21)23(17)12-15-7-9-16(10-8-15)20(25)26/h7-10,17-19H,3-6,11-13H2,1-2H3,(H,25,26)/t17-,18+,19-,21+/m0/s1. The monoisotopic (exact) mass is 356 g/mol. The molecule has 3 fully saturated rings. The van der Waals surface area contributed by atoms with Crippen molar-refractivity contribution in [2.75, 3.05) is 6.54 Å². The van der Waals surface area contributed by atoms with Gasteiger partial charge in [-0.15, -0.1) is 0 Å². The van der Waals surface area contributed by atoms with Crippen LogP contribution < -0.4 is 0 Å². The zero-order valence-corrected chi connectivity index (χ0v) is 15.6. The number of nitrogens with zero attached hydrogens (tertiary/aromatic N) is 2. The van der Waals surface area contributed by atoms with Crippen molar-refractivity contribution in [2.24, 2.45) is 5.41 Å². The number of carbonyl (C=O) groups is 2. The molecular weight excluding hydrogens is 328 g/mol. The lowest BCUT2D eigenvalue weighted by Crippen LogP contribution is -2.55. The third-order valence-electron chi connectivity index (χ3n) is 7.03. The summed E-state index contributed by atoms with van der Waals surface area (Å²) >= 11 is 0. The van der Waals surface area contributed by atoms with Gasteiger partial charge in [-0.05, 0) is 37.0 Å². The van der Waals surface area contributed by atoms with E-state index in [-0.39, 0.29) is 11.3 Å². The van der Waals surface area contributed by atoms with Crippen molar-refractivity contribution < 1.29 is 14.7 Å². The first kappa shape index (κ1) is 17.5. The van der Waals surface area contributed by atoms with Crippen LogP contribution in [0.4, 0.5) is 0 Å². The molecule has 2 heterocycles. The number of likely N-dealkylation sites (tertiary alicyclic amines) is 2. The molecule has 1 aromatic carbocycles. The minimum atomic E-state index is -0.884. The first-order valence-corrected chi connectivity index (χ1v) is 9.75. The third-order valence-corrected chi connectivity index (χ3v) is 7.03. The van der Waals surface area contributed by atoms with Crippen LogP contribution in [0.3, 0.4) is 0 Å². The van der Waals surface area contributed by atoms with Crippen LogP contribution in [0.25, 0.3) is 0 Å². The van der Waals surface area contributed by atoms with E-state index < -0.39 is 5.97 Å². The molecule has 0 aromatic heterocycles. The van der Waals surface area contributed by atoms with Crippen molar-refractivity contribution in [1.82, 2.24) is 9.80 Å². The summed E-state index contributed by atoms with van der Waals surface area (Å²) < 4.78 is 0. The van der Waals surface area contributed by atoms with E-state index in [0.717, 1.165) is 25.1 Å². The van der Waals surface area contributed by atoms with Crippen LogP contribution in [0, 0.1) is 5.41 Å². The number of carboxylic acids is 1. The van der Waals surface area contributed by atoms with Gasteiger partial charge in [-0.25, -0.2) is 4.79 Å². The average molecular weight is 356 g/mol. The fraction of sp³-hybridized carbons (Fsp3) is 0.619. The van der Waals surface area contributed by atoms with E-state index in [1.165, 1.54) is 25.7 Å². The minimum Gasteiger partial charge on any atom is -0.478 e. The first-order chi connectivity index (χ1) is 12.4. The van der Waals surface area contributed by atoms with Gasteiger partial charge in [-0.3, -0.25) is 9.69 Å². The number of benzene rings is 1. The molecule has 0 unspecified atom stereocenters. The smallest absolute Gasteiger partial charge is 0.335 e. The zero-order valence-electron chi connectivity index (χ0n) is 15.6. The molecule has 2 aliphatic heterocycles. The van der Waals surface area contributed by atoms with Gasteiger partial charge in [0.15, 0.2) is 0 Å². The molecule has 1 amide bonds. The number of hydrogen-bond acceptors (Lipinski definition) is 3. The molecule has 5 nitrogen and oxygen atoms in total. The van der Waals surface area contributed by atoms with Crippen LogP contribution in [0.2, 0.25) is 0 Å². The highest BCUT2D eigenvalue weighted by molar-refractivity contribution is 5.87. The van der Waals surface area contributed by atoms with Crippen molar-refractivity contribution in [3.8, 4) is 0 Å². The van der Waals surface area contributed by atoms with Gasteiger partial charge >= 0.3 is 5.97 Å². The fourth-order valence-corrected chi connectivity index (χ4v) is 5.84. The number of hydrogen-bond donors (Lipinski definition) is 1. The molecule has 0 spiro atoms. The van der Waals surface area contributed by atoms with Gasteiger partial charge in [0.2, 0.25) is 5.91 Å². The lowest BCUT2D eigenvalue weighted by molar-refractivity contribution is -0.136. The Labute approximate surface area is 155 Å². The van der Waals surface area contributed by atoms with Crippen molar-refractivity contribution in [2.45, 2.75) is 70.6 Å². The molecule has 2 bridgehead atoms. The Morgan fingerprint density at radius 1 is 1.15 bits per heavy atom. The quantitative estimate of drug-likeness (QED) is 0.904. The molecular formula is C21H28N2O3. The highest BCUT2D eigenvalue weighted by Crippen LogP contribution is 2.53. The van der Waals surface area contributed by atoms with Crippen LogP contribution in [0.1, 0.15) is 61.9 Å². The maximum Gasteiger partial charge on any atom is 0.335 e. The molecule has 1 aromatic rings. The summed E-state index contributed by atoms with van der Waals surface area (Å²) in [6, 6.07) is 8.53. The van der Waals surface area contributed by atoms with Crippen molar-refractivity contribution >= 4 is 11.9 Å². The molecule has 5 heteroatoms. The number of aromatic carboxylic acids is 1. The molecule has 1 aliphatic carbocycles. The number of amides is 1. The second-order valence-electron chi connectivity index (χ2n) is 8.53. The van der Waals surface area contributed by atoms with E-state index in [4.69, 9.17) is 5.11 Å². The molecule has 4 rings (SSSR count). The van der Waals surface area contributed by atoms with Gasteiger partial charge in [0, 0.05) is 43.6 Å². The van der Waals surface area contributed by atoms with Gasteiger partial charge in [-0.1, -0.05) is 31.9 Å². The summed E-state index contributed by atoms with van der Waals surface area (Å²) in [6.07, 6.45) is 5.91. The Kier molecular flexibility index (Phi) is 4.30. The highest BCUT2D eigenvalue weighted by atomic mass is 16.4. The molecule has 0 radical (unpaired) electrons. The van der Waals surface area contributed by atoms with E-state index in [2.05, 4.69) is 16.7 Å². The van der Waals surface area contributed by atoms with Crippen LogP contribution in [-0.2, 0) is 11.3 Å². The Morgan fingerprint density at radius 3 is 2.42 bits per heavy atom. The predicted molar refractivity (Wildman–Crippen MR) is 98.9 cm³/mol. The van der Waals surface area contributed by atoms with Crippen LogP contribution in [-0.4, -0.2) is 51.5 Å². The summed E-state index contributed by atoms with van der Waals surface area (Å²) in [5, 5.41) is 9.10. The lowest BCUT2D eigenvalue weighted by atomic mass is 9.71. The van der Waals surface area contributed by atoms with E-state index in [1.54, 1.807) is 19.1 Å². The summed E-state index contributed by atoms with van der Waals surface area (Å²) in [5.41, 5.74) is 1.66. The Morgan fingerprint density at radius 2 is 1.81 bits per heavy atom. The molecule has 1 N–H and O–H groups in total. The predicted octanol–water partition coefficient (Wildman–Crippen LogP) is 3.14. The van der Waals surface area contributed by atoms with Gasteiger partial charge < -0.3 is 10.0 Å². The molecule has 26 heavy (non-hydrogen) atoms.